The van der Waals surface area contributed by atoms with Gasteiger partial charge in [0.25, 0.3) is 0 Å². The first-order chi connectivity index (χ1) is 7.17. The summed E-state index contributed by atoms with van der Waals surface area (Å²) in [5, 5.41) is 0. The fraction of sp³-hybridized carbons (Fsp3) is 0.500. The van der Waals surface area contributed by atoms with E-state index >= 15 is 0 Å². The molecule has 0 radical (unpaired) electrons. The summed E-state index contributed by atoms with van der Waals surface area (Å²) in [6.07, 6.45) is 7.32. The van der Waals surface area contributed by atoms with Crippen LogP contribution < -0.4 is 0 Å². The number of methoxy groups -OCH3 is 1. The number of halogens is 1. The molecule has 0 saturated carbocycles. The minimum Gasteiger partial charge on any atom is -0.380 e. The molecule has 1 rings (SSSR count). The lowest BCUT2D eigenvalue weighted by Crippen LogP contribution is -2.20. The number of likely N-dealkylation sites (tertiary alicyclic amines) is 1. The van der Waals surface area contributed by atoms with Crippen molar-refractivity contribution in [2.24, 2.45) is 0 Å². The van der Waals surface area contributed by atoms with Crippen molar-refractivity contribution >= 4 is 15.9 Å². The van der Waals surface area contributed by atoms with Crippen LogP contribution in [0.5, 0.6) is 0 Å². The molecule has 0 aromatic rings. The average Bonchev–Trinajstić information content (AvgIpc) is 2.66. The highest BCUT2D eigenvalue weighted by molar-refractivity contribution is 9.11. The zero-order valence-corrected chi connectivity index (χ0v) is 11.0. The van der Waals surface area contributed by atoms with Crippen LogP contribution >= 0.6 is 15.9 Å². The van der Waals surface area contributed by atoms with Gasteiger partial charge in [-0.25, -0.2) is 0 Å². The third-order valence-corrected chi connectivity index (χ3v) is 3.09. The molecule has 1 aliphatic heterocycles. The lowest BCUT2D eigenvalue weighted by molar-refractivity contribution is 0.112. The van der Waals surface area contributed by atoms with Crippen molar-refractivity contribution in [3.8, 4) is 0 Å². The van der Waals surface area contributed by atoms with Gasteiger partial charge in [0.05, 0.1) is 6.10 Å². The summed E-state index contributed by atoms with van der Waals surface area (Å²) in [6.45, 7) is 7.85. The molecule has 0 spiro atoms. The largest absolute Gasteiger partial charge is 0.380 e. The zero-order chi connectivity index (χ0) is 11.3. The van der Waals surface area contributed by atoms with Crippen LogP contribution in [-0.2, 0) is 4.74 Å². The van der Waals surface area contributed by atoms with Crippen molar-refractivity contribution in [1.82, 2.24) is 4.90 Å². The van der Waals surface area contributed by atoms with E-state index in [2.05, 4.69) is 40.4 Å². The molecule has 1 saturated heterocycles. The Morgan fingerprint density at radius 2 is 2.33 bits per heavy atom. The molecular formula is C12H18BrNO. The molecule has 2 nitrogen and oxygen atoms in total. The summed E-state index contributed by atoms with van der Waals surface area (Å²) >= 11 is 3.47. The molecule has 0 aliphatic carbocycles. The van der Waals surface area contributed by atoms with Crippen molar-refractivity contribution in [2.75, 3.05) is 20.2 Å². The van der Waals surface area contributed by atoms with E-state index < -0.39 is 0 Å². The lowest BCUT2D eigenvalue weighted by Gasteiger charge is -2.18. The number of rotatable bonds is 4. The Hall–Kier alpha value is -0.540. The zero-order valence-electron chi connectivity index (χ0n) is 9.37. The van der Waals surface area contributed by atoms with Crippen LogP contribution in [0.2, 0.25) is 0 Å². The van der Waals surface area contributed by atoms with Gasteiger partial charge < -0.3 is 9.64 Å². The van der Waals surface area contributed by atoms with Crippen LogP contribution in [-0.4, -0.2) is 31.2 Å². The fourth-order valence-corrected chi connectivity index (χ4v) is 2.21. The van der Waals surface area contributed by atoms with Crippen LogP contribution in [0, 0.1) is 0 Å². The van der Waals surface area contributed by atoms with Gasteiger partial charge in [-0.3, -0.25) is 0 Å². The van der Waals surface area contributed by atoms with E-state index in [1.165, 1.54) is 5.70 Å². The maximum absolute atomic E-state index is 5.33. The number of hydrogen-bond acceptors (Lipinski definition) is 2. The molecule has 1 unspecified atom stereocenters. The first-order valence-electron chi connectivity index (χ1n) is 5.11. The van der Waals surface area contributed by atoms with E-state index in [4.69, 9.17) is 4.74 Å². The Balaban J connectivity index is 2.57. The Morgan fingerprint density at radius 1 is 1.60 bits per heavy atom. The molecule has 0 N–H and O–H groups in total. The smallest absolute Gasteiger partial charge is 0.0762 e. The average molecular weight is 272 g/mol. The Bertz CT molecular complexity index is 283. The molecule has 1 atom stereocenters. The van der Waals surface area contributed by atoms with Gasteiger partial charge in [-0.15, -0.1) is 0 Å². The summed E-state index contributed by atoms with van der Waals surface area (Å²) < 4.78 is 6.38. The number of hydrogen-bond donors (Lipinski definition) is 0. The van der Waals surface area contributed by atoms with Crippen LogP contribution in [0.4, 0.5) is 0 Å². The van der Waals surface area contributed by atoms with E-state index in [-0.39, 0.29) is 0 Å². The molecule has 0 bridgehead atoms. The van der Waals surface area contributed by atoms with E-state index in [9.17, 15) is 0 Å². The van der Waals surface area contributed by atoms with Crippen LogP contribution in [0.3, 0.4) is 0 Å². The highest BCUT2D eigenvalue weighted by Gasteiger charge is 2.21. The van der Waals surface area contributed by atoms with Gasteiger partial charge >= 0.3 is 0 Å². The van der Waals surface area contributed by atoms with Gasteiger partial charge in [0.2, 0.25) is 0 Å². The standard InChI is InChI=1S/C12H18BrNO/c1-4-5-11(13)8-10(2)14-7-6-12(9-14)15-3/h4-5,8,12H,1,6-7,9H2,2-3H3/b10-8+,11-5+. The number of allylic oxidation sites excluding steroid dienone is 5. The fourth-order valence-electron chi connectivity index (χ4n) is 1.69. The molecular weight excluding hydrogens is 254 g/mol. The predicted molar refractivity (Wildman–Crippen MR) is 68.0 cm³/mol. The van der Waals surface area contributed by atoms with Gasteiger partial charge in [-0.05, 0) is 25.5 Å². The van der Waals surface area contributed by atoms with E-state index in [1.54, 1.807) is 13.2 Å². The molecule has 0 amide bonds. The molecule has 15 heavy (non-hydrogen) atoms. The molecule has 1 fully saturated rings. The van der Waals surface area contributed by atoms with Crippen molar-refractivity contribution < 1.29 is 4.74 Å². The van der Waals surface area contributed by atoms with Gasteiger partial charge in [0, 0.05) is 30.4 Å². The summed E-state index contributed by atoms with van der Waals surface area (Å²) in [4.78, 5) is 2.34. The molecule has 1 aliphatic rings. The SMILES string of the molecule is C=C/C=C(Br)\C=C(/C)N1CCC(OC)C1. The normalized spacial score (nSPS) is 23.4. The minimum absolute atomic E-state index is 0.385. The lowest BCUT2D eigenvalue weighted by atomic mass is 10.3. The Labute approximate surface area is 100 Å². The maximum atomic E-state index is 5.33. The van der Waals surface area contributed by atoms with Crippen LogP contribution in [0.25, 0.3) is 0 Å². The summed E-state index contributed by atoms with van der Waals surface area (Å²) in [7, 11) is 1.78. The molecule has 3 heteroatoms. The van der Waals surface area contributed by atoms with Crippen molar-refractivity contribution in [2.45, 2.75) is 19.4 Å². The predicted octanol–water partition coefficient (Wildman–Crippen LogP) is 3.08. The molecule has 0 aromatic heterocycles. The first-order valence-corrected chi connectivity index (χ1v) is 5.91. The third-order valence-electron chi connectivity index (χ3n) is 2.60. The summed E-state index contributed by atoms with van der Waals surface area (Å²) in [6, 6.07) is 0. The summed E-state index contributed by atoms with van der Waals surface area (Å²) in [5.41, 5.74) is 1.26. The number of nitrogens with zero attached hydrogens (tertiary/aromatic N) is 1. The highest BCUT2D eigenvalue weighted by atomic mass is 79.9. The Morgan fingerprint density at radius 3 is 2.87 bits per heavy atom. The second kappa shape index (κ2) is 6.13. The second-order valence-electron chi connectivity index (χ2n) is 3.67. The quantitative estimate of drug-likeness (QED) is 0.729. The maximum Gasteiger partial charge on any atom is 0.0762 e. The minimum atomic E-state index is 0.385. The van der Waals surface area contributed by atoms with Crippen molar-refractivity contribution in [3.05, 3.63) is 35.0 Å². The number of ether oxygens (including phenoxy) is 1. The van der Waals surface area contributed by atoms with Crippen LogP contribution in [0.1, 0.15) is 13.3 Å². The van der Waals surface area contributed by atoms with Gasteiger partial charge in [0.15, 0.2) is 0 Å². The van der Waals surface area contributed by atoms with Crippen molar-refractivity contribution in [1.29, 1.82) is 0 Å². The molecule has 84 valence electrons. The molecule has 1 heterocycles. The van der Waals surface area contributed by atoms with E-state index in [0.29, 0.717) is 6.10 Å². The van der Waals surface area contributed by atoms with Gasteiger partial charge in [0.1, 0.15) is 0 Å². The topological polar surface area (TPSA) is 12.5 Å². The van der Waals surface area contributed by atoms with E-state index in [1.807, 2.05) is 6.08 Å². The molecule has 0 aromatic carbocycles. The van der Waals surface area contributed by atoms with Gasteiger partial charge in [-0.2, -0.15) is 0 Å². The van der Waals surface area contributed by atoms with Crippen LogP contribution in [0.15, 0.2) is 35.0 Å². The highest BCUT2D eigenvalue weighted by Crippen LogP contribution is 2.19. The monoisotopic (exact) mass is 271 g/mol. The third kappa shape index (κ3) is 3.84. The second-order valence-corrected chi connectivity index (χ2v) is 4.58. The van der Waals surface area contributed by atoms with Gasteiger partial charge in [-0.1, -0.05) is 28.6 Å². The van der Waals surface area contributed by atoms with Crippen molar-refractivity contribution in [3.63, 3.8) is 0 Å². The van der Waals surface area contributed by atoms with E-state index in [0.717, 1.165) is 24.0 Å². The summed E-state index contributed by atoms with van der Waals surface area (Å²) in [5.74, 6) is 0. The Kier molecular flexibility index (Phi) is 5.12. The first kappa shape index (κ1) is 12.5.